The number of carboxylic acid groups (broad SMARTS) is 1. The summed E-state index contributed by atoms with van der Waals surface area (Å²) >= 11 is 0. The van der Waals surface area contributed by atoms with Crippen molar-refractivity contribution in [1.29, 1.82) is 0 Å². The zero-order valence-electron chi connectivity index (χ0n) is 7.75. The van der Waals surface area contributed by atoms with Gasteiger partial charge in [0.05, 0.1) is 6.42 Å². The molecule has 4 N–H and O–H groups in total. The van der Waals surface area contributed by atoms with Crippen LogP contribution in [0.1, 0.15) is 26.2 Å². The maximum absolute atomic E-state index is 11.0. The second-order valence-electron chi connectivity index (χ2n) is 3.01. The zero-order chi connectivity index (χ0) is 10.3. The van der Waals surface area contributed by atoms with Crippen LogP contribution in [0, 0.1) is 0 Å². The van der Waals surface area contributed by atoms with Crippen molar-refractivity contribution >= 4 is 11.9 Å². The van der Waals surface area contributed by atoms with Crippen LogP contribution >= 0.6 is 0 Å². The first-order valence-corrected chi connectivity index (χ1v) is 4.26. The summed E-state index contributed by atoms with van der Waals surface area (Å²) in [5.74, 6) is -1.05. The van der Waals surface area contributed by atoms with E-state index in [-0.39, 0.29) is 24.9 Å². The largest absolute Gasteiger partial charge is 0.481 e. The second-order valence-corrected chi connectivity index (χ2v) is 3.01. The Morgan fingerprint density at radius 2 is 2.08 bits per heavy atom. The van der Waals surface area contributed by atoms with E-state index in [1.165, 1.54) is 0 Å². The summed E-state index contributed by atoms with van der Waals surface area (Å²) in [6.07, 6.45) is 0.945. The van der Waals surface area contributed by atoms with E-state index in [1.54, 1.807) is 0 Å². The first-order chi connectivity index (χ1) is 6.02. The Labute approximate surface area is 77.3 Å². The number of carbonyl (C=O) groups excluding carboxylic acids is 1. The molecule has 1 atom stereocenters. The molecule has 0 rings (SSSR count). The molecular formula is C8H16N2O3. The number of amides is 1. The fourth-order valence-corrected chi connectivity index (χ4v) is 0.756. The van der Waals surface area contributed by atoms with E-state index < -0.39 is 5.97 Å². The molecule has 0 fully saturated rings. The van der Waals surface area contributed by atoms with E-state index in [9.17, 15) is 9.59 Å². The standard InChI is InChI=1S/C8H16N2O3/c1-6(9)2-3-7(11)10-5-4-8(12)13/h6H,2-5,9H2,1H3,(H,10,11)(H,12,13). The first-order valence-electron chi connectivity index (χ1n) is 4.26. The topological polar surface area (TPSA) is 92.4 Å². The van der Waals surface area contributed by atoms with Gasteiger partial charge in [0.15, 0.2) is 0 Å². The number of nitrogens with one attached hydrogen (secondary N) is 1. The third kappa shape index (κ3) is 8.81. The fraction of sp³-hybridized carbons (Fsp3) is 0.750. The number of aliphatic carboxylic acids is 1. The van der Waals surface area contributed by atoms with Gasteiger partial charge in [-0.1, -0.05) is 0 Å². The van der Waals surface area contributed by atoms with Crippen molar-refractivity contribution in [2.24, 2.45) is 5.73 Å². The van der Waals surface area contributed by atoms with E-state index >= 15 is 0 Å². The van der Waals surface area contributed by atoms with Crippen molar-refractivity contribution in [3.05, 3.63) is 0 Å². The minimum Gasteiger partial charge on any atom is -0.481 e. The molecule has 5 heteroatoms. The number of carbonyl (C=O) groups is 2. The van der Waals surface area contributed by atoms with Crippen molar-refractivity contribution in [1.82, 2.24) is 5.32 Å². The predicted molar refractivity (Wildman–Crippen MR) is 48.1 cm³/mol. The van der Waals surface area contributed by atoms with Gasteiger partial charge < -0.3 is 16.2 Å². The molecule has 76 valence electrons. The molecule has 0 aromatic heterocycles. The summed E-state index contributed by atoms with van der Waals surface area (Å²) in [7, 11) is 0. The summed E-state index contributed by atoms with van der Waals surface area (Å²) in [4.78, 5) is 21.0. The van der Waals surface area contributed by atoms with Crippen LogP contribution < -0.4 is 11.1 Å². The van der Waals surface area contributed by atoms with Gasteiger partial charge in [0.1, 0.15) is 0 Å². The Balaban J connectivity index is 3.35. The Bertz CT molecular complexity index is 180. The Kier molecular flexibility index (Phi) is 5.88. The predicted octanol–water partition coefficient (Wildman–Crippen LogP) is -0.295. The molecule has 0 spiro atoms. The van der Waals surface area contributed by atoms with Crippen LogP contribution in [0.25, 0.3) is 0 Å². The molecule has 5 nitrogen and oxygen atoms in total. The quantitative estimate of drug-likeness (QED) is 0.533. The minimum absolute atomic E-state index is 0.00484. The average molecular weight is 188 g/mol. The lowest BCUT2D eigenvalue weighted by Crippen LogP contribution is -2.27. The second kappa shape index (κ2) is 6.42. The summed E-state index contributed by atoms with van der Waals surface area (Å²) in [5.41, 5.74) is 5.44. The molecule has 0 saturated carbocycles. The number of hydrogen-bond acceptors (Lipinski definition) is 3. The highest BCUT2D eigenvalue weighted by Crippen LogP contribution is 1.92. The van der Waals surface area contributed by atoms with E-state index in [0.29, 0.717) is 12.8 Å². The van der Waals surface area contributed by atoms with Gasteiger partial charge >= 0.3 is 5.97 Å². The molecule has 0 aliphatic carbocycles. The van der Waals surface area contributed by atoms with Gasteiger partial charge in [0, 0.05) is 19.0 Å². The van der Waals surface area contributed by atoms with Crippen molar-refractivity contribution in [2.75, 3.05) is 6.54 Å². The molecule has 0 bridgehead atoms. The van der Waals surface area contributed by atoms with Crippen LogP contribution in [-0.4, -0.2) is 29.6 Å². The van der Waals surface area contributed by atoms with Gasteiger partial charge in [-0.25, -0.2) is 0 Å². The lowest BCUT2D eigenvalue weighted by molar-refractivity contribution is -0.136. The molecule has 0 saturated heterocycles. The monoisotopic (exact) mass is 188 g/mol. The molecule has 0 aliphatic heterocycles. The van der Waals surface area contributed by atoms with Gasteiger partial charge in [-0.05, 0) is 13.3 Å². The minimum atomic E-state index is -0.910. The molecule has 0 aliphatic rings. The van der Waals surface area contributed by atoms with Crippen LogP contribution in [0.15, 0.2) is 0 Å². The van der Waals surface area contributed by atoms with Gasteiger partial charge in [-0.2, -0.15) is 0 Å². The third-order valence-corrected chi connectivity index (χ3v) is 1.49. The Morgan fingerprint density at radius 1 is 1.46 bits per heavy atom. The van der Waals surface area contributed by atoms with Crippen LogP contribution in [-0.2, 0) is 9.59 Å². The van der Waals surface area contributed by atoms with Crippen molar-refractivity contribution < 1.29 is 14.7 Å². The molecule has 0 heterocycles. The Morgan fingerprint density at radius 3 is 2.54 bits per heavy atom. The lowest BCUT2D eigenvalue weighted by atomic mass is 10.2. The van der Waals surface area contributed by atoms with Gasteiger partial charge in [0.25, 0.3) is 0 Å². The normalized spacial score (nSPS) is 12.2. The maximum Gasteiger partial charge on any atom is 0.305 e. The van der Waals surface area contributed by atoms with E-state index in [2.05, 4.69) is 5.32 Å². The zero-order valence-corrected chi connectivity index (χ0v) is 7.75. The third-order valence-electron chi connectivity index (χ3n) is 1.49. The van der Waals surface area contributed by atoms with Crippen molar-refractivity contribution in [3.63, 3.8) is 0 Å². The van der Waals surface area contributed by atoms with Gasteiger partial charge in [-0.15, -0.1) is 0 Å². The van der Waals surface area contributed by atoms with Crippen LogP contribution in [0.4, 0.5) is 0 Å². The Hall–Kier alpha value is -1.10. The van der Waals surface area contributed by atoms with Crippen LogP contribution in [0.2, 0.25) is 0 Å². The van der Waals surface area contributed by atoms with E-state index in [0.717, 1.165) is 0 Å². The van der Waals surface area contributed by atoms with Crippen LogP contribution in [0.5, 0.6) is 0 Å². The highest BCUT2D eigenvalue weighted by molar-refractivity contribution is 5.76. The first kappa shape index (κ1) is 11.9. The van der Waals surface area contributed by atoms with Gasteiger partial charge in [-0.3, -0.25) is 9.59 Å². The lowest BCUT2D eigenvalue weighted by Gasteiger charge is -2.05. The molecule has 0 aromatic carbocycles. The van der Waals surface area contributed by atoms with E-state index in [4.69, 9.17) is 10.8 Å². The molecule has 0 aromatic rings. The smallest absolute Gasteiger partial charge is 0.305 e. The maximum atomic E-state index is 11.0. The van der Waals surface area contributed by atoms with Gasteiger partial charge in [0.2, 0.25) is 5.91 Å². The summed E-state index contributed by atoms with van der Waals surface area (Å²) in [6, 6.07) is 0.00484. The molecule has 1 amide bonds. The summed E-state index contributed by atoms with van der Waals surface area (Å²) < 4.78 is 0. The van der Waals surface area contributed by atoms with Crippen molar-refractivity contribution in [3.8, 4) is 0 Å². The van der Waals surface area contributed by atoms with E-state index in [1.807, 2.05) is 6.92 Å². The molecule has 13 heavy (non-hydrogen) atoms. The number of carboxylic acids is 1. The number of rotatable bonds is 6. The number of nitrogens with two attached hydrogens (primary N) is 1. The van der Waals surface area contributed by atoms with Crippen LogP contribution in [0.3, 0.4) is 0 Å². The molecule has 1 unspecified atom stereocenters. The molecule has 0 radical (unpaired) electrons. The number of hydrogen-bond donors (Lipinski definition) is 3. The average Bonchev–Trinajstić information content (AvgIpc) is 2.00. The van der Waals surface area contributed by atoms with Crippen molar-refractivity contribution in [2.45, 2.75) is 32.2 Å². The summed E-state index contributed by atoms with van der Waals surface area (Å²) in [6.45, 7) is 2.01. The molecular weight excluding hydrogens is 172 g/mol. The highest BCUT2D eigenvalue weighted by atomic mass is 16.4. The highest BCUT2D eigenvalue weighted by Gasteiger charge is 2.03. The summed E-state index contributed by atoms with van der Waals surface area (Å²) in [5, 5.41) is 10.8. The SMILES string of the molecule is CC(N)CCC(=O)NCCC(=O)O. The fourth-order valence-electron chi connectivity index (χ4n) is 0.756.